The standard InChI is InChI=1S/C21H24N4O2/c26-20(11-14-25-19-10-5-4-9-18(19)22-21(25)27)24-13-6-12-23(15-16-24)17-7-2-1-3-8-17/h1-5,7-10H,6,11-16H2,(H,22,27). The molecule has 1 saturated heterocycles. The molecule has 0 bridgehead atoms. The number of benzene rings is 2. The Morgan fingerprint density at radius 1 is 0.926 bits per heavy atom. The van der Waals surface area contributed by atoms with Gasteiger partial charge in [0.1, 0.15) is 0 Å². The van der Waals surface area contributed by atoms with Crippen LogP contribution in [0.3, 0.4) is 0 Å². The van der Waals surface area contributed by atoms with Crippen molar-refractivity contribution >= 4 is 22.6 Å². The van der Waals surface area contributed by atoms with Crippen molar-refractivity contribution in [1.82, 2.24) is 14.5 Å². The maximum Gasteiger partial charge on any atom is 0.326 e. The molecule has 3 aromatic rings. The predicted octanol–water partition coefficient (Wildman–Crippen LogP) is 2.46. The van der Waals surface area contributed by atoms with Crippen LogP contribution in [-0.2, 0) is 11.3 Å². The van der Waals surface area contributed by atoms with Crippen LogP contribution < -0.4 is 10.6 Å². The summed E-state index contributed by atoms with van der Waals surface area (Å²) in [6.07, 6.45) is 1.29. The number of hydrogen-bond donors (Lipinski definition) is 1. The summed E-state index contributed by atoms with van der Waals surface area (Å²) < 4.78 is 1.65. The van der Waals surface area contributed by atoms with E-state index in [1.54, 1.807) is 4.57 Å². The van der Waals surface area contributed by atoms with Gasteiger partial charge in [-0.3, -0.25) is 9.36 Å². The van der Waals surface area contributed by atoms with Gasteiger partial charge in [-0.2, -0.15) is 0 Å². The summed E-state index contributed by atoms with van der Waals surface area (Å²) in [6.45, 7) is 3.68. The SMILES string of the molecule is O=C(CCn1c(=O)[nH]c2ccccc21)N1CCCN(c2ccccc2)CC1. The van der Waals surface area contributed by atoms with E-state index in [9.17, 15) is 9.59 Å². The van der Waals surface area contributed by atoms with E-state index in [2.05, 4.69) is 22.0 Å². The Kier molecular flexibility index (Phi) is 4.96. The lowest BCUT2D eigenvalue weighted by Gasteiger charge is -2.23. The molecule has 0 aliphatic carbocycles. The van der Waals surface area contributed by atoms with Gasteiger partial charge in [0.25, 0.3) is 0 Å². The van der Waals surface area contributed by atoms with Gasteiger partial charge in [-0.15, -0.1) is 0 Å². The highest BCUT2D eigenvalue weighted by Crippen LogP contribution is 2.16. The molecule has 2 heterocycles. The minimum atomic E-state index is -0.157. The summed E-state index contributed by atoms with van der Waals surface area (Å²) in [4.78, 5) is 32.0. The fourth-order valence-corrected chi connectivity index (χ4v) is 3.76. The number of amides is 1. The molecule has 0 unspecified atom stereocenters. The molecule has 1 aliphatic heterocycles. The van der Waals surface area contributed by atoms with Gasteiger partial charge in [0, 0.05) is 44.8 Å². The number of nitrogens with zero attached hydrogens (tertiary/aromatic N) is 3. The first kappa shape index (κ1) is 17.4. The third-order valence-electron chi connectivity index (χ3n) is 5.20. The maximum atomic E-state index is 12.7. The number of rotatable bonds is 4. The molecule has 140 valence electrons. The van der Waals surface area contributed by atoms with E-state index in [0.29, 0.717) is 13.0 Å². The molecule has 0 spiro atoms. The van der Waals surface area contributed by atoms with E-state index in [-0.39, 0.29) is 11.6 Å². The highest BCUT2D eigenvalue weighted by molar-refractivity contribution is 5.77. The molecule has 1 amide bonds. The number of anilines is 1. The lowest BCUT2D eigenvalue weighted by molar-refractivity contribution is -0.131. The molecule has 0 radical (unpaired) electrons. The van der Waals surface area contributed by atoms with Gasteiger partial charge in [-0.05, 0) is 30.7 Å². The minimum absolute atomic E-state index is 0.113. The predicted molar refractivity (Wildman–Crippen MR) is 107 cm³/mol. The molecule has 6 nitrogen and oxygen atoms in total. The number of carbonyl (C=O) groups excluding carboxylic acids is 1. The third kappa shape index (κ3) is 3.74. The molecule has 4 rings (SSSR count). The van der Waals surface area contributed by atoms with E-state index in [1.807, 2.05) is 47.4 Å². The number of fused-ring (bicyclic) bond motifs is 1. The van der Waals surface area contributed by atoms with E-state index < -0.39 is 0 Å². The second-order valence-corrected chi connectivity index (χ2v) is 6.91. The van der Waals surface area contributed by atoms with Gasteiger partial charge in [0.15, 0.2) is 0 Å². The van der Waals surface area contributed by atoms with Crippen molar-refractivity contribution in [2.45, 2.75) is 19.4 Å². The molecule has 2 aromatic carbocycles. The van der Waals surface area contributed by atoms with Crippen LogP contribution in [-0.4, -0.2) is 46.5 Å². The monoisotopic (exact) mass is 364 g/mol. The molecule has 6 heteroatoms. The molecular formula is C21H24N4O2. The molecule has 0 atom stereocenters. The molecule has 1 N–H and O–H groups in total. The summed E-state index contributed by atoms with van der Waals surface area (Å²) in [7, 11) is 0. The number of hydrogen-bond acceptors (Lipinski definition) is 3. The van der Waals surface area contributed by atoms with Crippen LogP contribution in [0.5, 0.6) is 0 Å². The number of aryl methyl sites for hydroxylation is 1. The molecule has 1 aliphatic rings. The topological polar surface area (TPSA) is 61.3 Å². The zero-order valence-electron chi connectivity index (χ0n) is 15.3. The number of aromatic amines is 1. The number of aromatic nitrogens is 2. The van der Waals surface area contributed by atoms with Crippen LogP contribution in [0.25, 0.3) is 11.0 Å². The van der Waals surface area contributed by atoms with Gasteiger partial charge in [0.2, 0.25) is 5.91 Å². The summed E-state index contributed by atoms with van der Waals surface area (Å²) in [5.41, 5.74) is 2.71. The van der Waals surface area contributed by atoms with E-state index in [1.165, 1.54) is 5.69 Å². The van der Waals surface area contributed by atoms with E-state index >= 15 is 0 Å². The first-order valence-electron chi connectivity index (χ1n) is 9.48. The van der Waals surface area contributed by atoms with Crippen molar-refractivity contribution in [3.8, 4) is 0 Å². The molecule has 27 heavy (non-hydrogen) atoms. The average Bonchev–Trinajstić information content (AvgIpc) is 2.86. The van der Waals surface area contributed by atoms with Crippen LogP contribution >= 0.6 is 0 Å². The molecule has 0 saturated carbocycles. The van der Waals surface area contributed by atoms with Crippen molar-refractivity contribution in [3.05, 3.63) is 65.1 Å². The molecule has 1 aromatic heterocycles. The van der Waals surface area contributed by atoms with Crippen LogP contribution in [0.15, 0.2) is 59.4 Å². The van der Waals surface area contributed by atoms with Crippen molar-refractivity contribution in [3.63, 3.8) is 0 Å². The number of imidazole rings is 1. The Hall–Kier alpha value is -3.02. The van der Waals surface area contributed by atoms with Crippen molar-refractivity contribution in [2.24, 2.45) is 0 Å². The summed E-state index contributed by atoms with van der Waals surface area (Å²) >= 11 is 0. The van der Waals surface area contributed by atoms with Crippen molar-refractivity contribution in [1.29, 1.82) is 0 Å². The van der Waals surface area contributed by atoms with Crippen LogP contribution in [0.2, 0.25) is 0 Å². The van der Waals surface area contributed by atoms with Crippen LogP contribution in [0, 0.1) is 0 Å². The zero-order chi connectivity index (χ0) is 18.6. The summed E-state index contributed by atoms with van der Waals surface area (Å²) in [5, 5.41) is 0. The number of H-pyrrole nitrogens is 1. The lowest BCUT2D eigenvalue weighted by atomic mass is 10.3. The Bertz CT molecular complexity index is 977. The Morgan fingerprint density at radius 3 is 2.56 bits per heavy atom. The average molecular weight is 364 g/mol. The number of nitrogens with one attached hydrogen (secondary N) is 1. The Morgan fingerprint density at radius 2 is 1.70 bits per heavy atom. The Balaban J connectivity index is 1.38. The largest absolute Gasteiger partial charge is 0.370 e. The second kappa shape index (κ2) is 7.70. The van der Waals surface area contributed by atoms with Gasteiger partial charge in [-0.1, -0.05) is 30.3 Å². The van der Waals surface area contributed by atoms with Gasteiger partial charge in [-0.25, -0.2) is 4.79 Å². The molecular weight excluding hydrogens is 340 g/mol. The number of para-hydroxylation sites is 3. The normalized spacial score (nSPS) is 15.1. The fraction of sp³-hybridized carbons (Fsp3) is 0.333. The summed E-state index contributed by atoms with van der Waals surface area (Å²) in [6, 6.07) is 17.9. The van der Waals surface area contributed by atoms with Gasteiger partial charge < -0.3 is 14.8 Å². The first-order chi connectivity index (χ1) is 13.2. The maximum absolute atomic E-state index is 12.7. The van der Waals surface area contributed by atoms with Crippen LogP contribution in [0.4, 0.5) is 5.69 Å². The summed E-state index contributed by atoms with van der Waals surface area (Å²) in [5.74, 6) is 0.113. The number of carbonyl (C=O) groups is 1. The lowest BCUT2D eigenvalue weighted by Crippen LogP contribution is -2.36. The van der Waals surface area contributed by atoms with E-state index in [0.717, 1.165) is 43.6 Å². The highest BCUT2D eigenvalue weighted by atomic mass is 16.2. The highest BCUT2D eigenvalue weighted by Gasteiger charge is 2.19. The third-order valence-corrected chi connectivity index (χ3v) is 5.20. The fourth-order valence-electron chi connectivity index (χ4n) is 3.76. The molecule has 1 fully saturated rings. The van der Waals surface area contributed by atoms with Crippen LogP contribution in [0.1, 0.15) is 12.8 Å². The Labute approximate surface area is 158 Å². The van der Waals surface area contributed by atoms with E-state index in [4.69, 9.17) is 0 Å². The van der Waals surface area contributed by atoms with Crippen molar-refractivity contribution in [2.75, 3.05) is 31.1 Å². The van der Waals surface area contributed by atoms with Crippen molar-refractivity contribution < 1.29 is 4.79 Å². The second-order valence-electron chi connectivity index (χ2n) is 6.91. The van der Waals surface area contributed by atoms with Gasteiger partial charge in [0.05, 0.1) is 11.0 Å². The zero-order valence-corrected chi connectivity index (χ0v) is 15.3. The smallest absolute Gasteiger partial charge is 0.326 e. The quantitative estimate of drug-likeness (QED) is 0.774. The minimum Gasteiger partial charge on any atom is -0.370 e. The first-order valence-corrected chi connectivity index (χ1v) is 9.48. The van der Waals surface area contributed by atoms with Gasteiger partial charge >= 0.3 is 5.69 Å².